The molecular formula is C18H16N2O2. The molecule has 3 aromatic rings. The minimum atomic E-state index is -0.0853. The smallest absolute Gasteiger partial charge is 0.268 e. The summed E-state index contributed by atoms with van der Waals surface area (Å²) in [6.45, 7) is 0.620. The zero-order valence-electron chi connectivity index (χ0n) is 12.0. The van der Waals surface area contributed by atoms with E-state index < -0.39 is 0 Å². The van der Waals surface area contributed by atoms with E-state index in [0.717, 1.165) is 28.6 Å². The third-order valence-electron chi connectivity index (χ3n) is 4.04. The Morgan fingerprint density at radius 1 is 1.14 bits per heavy atom. The van der Waals surface area contributed by atoms with Gasteiger partial charge in [0.2, 0.25) is 0 Å². The van der Waals surface area contributed by atoms with Crippen molar-refractivity contribution in [2.45, 2.75) is 12.5 Å². The van der Waals surface area contributed by atoms with Crippen LogP contribution in [0.3, 0.4) is 0 Å². The Morgan fingerprint density at radius 2 is 1.95 bits per heavy atom. The van der Waals surface area contributed by atoms with Gasteiger partial charge < -0.3 is 15.0 Å². The number of carbonyl (C=O) groups is 1. The maximum absolute atomic E-state index is 12.5. The molecule has 0 fully saturated rings. The van der Waals surface area contributed by atoms with Gasteiger partial charge in [0, 0.05) is 22.9 Å². The maximum atomic E-state index is 12.5. The zero-order valence-corrected chi connectivity index (χ0v) is 12.0. The first kappa shape index (κ1) is 13.0. The molecule has 2 heterocycles. The average molecular weight is 292 g/mol. The second-order valence-electron chi connectivity index (χ2n) is 5.47. The number of para-hydroxylation sites is 2. The highest BCUT2D eigenvalue weighted by molar-refractivity contribution is 5.98. The van der Waals surface area contributed by atoms with Gasteiger partial charge in [0.1, 0.15) is 11.4 Å². The molecule has 4 nitrogen and oxygen atoms in total. The third-order valence-corrected chi connectivity index (χ3v) is 4.04. The molecule has 2 N–H and O–H groups in total. The second-order valence-corrected chi connectivity index (χ2v) is 5.47. The average Bonchev–Trinajstić information content (AvgIpc) is 2.99. The summed E-state index contributed by atoms with van der Waals surface area (Å²) in [6.07, 6.45) is 0.781. The van der Waals surface area contributed by atoms with Gasteiger partial charge in [-0.3, -0.25) is 4.79 Å². The lowest BCUT2D eigenvalue weighted by Gasteiger charge is -2.26. The molecule has 4 rings (SSSR count). The molecule has 4 heteroatoms. The summed E-state index contributed by atoms with van der Waals surface area (Å²) in [5, 5.41) is 4.14. The van der Waals surface area contributed by atoms with Crippen molar-refractivity contribution in [3.05, 3.63) is 65.9 Å². The maximum Gasteiger partial charge on any atom is 0.268 e. The Balaban J connectivity index is 1.60. The standard InChI is InChI=1S/C18H16N2O2/c21-18(16-11-12-5-1-3-7-14(12)19-16)20-15-9-10-22-17-8-4-2-6-13(15)17/h1-8,11,15,19H,9-10H2,(H,20,21). The van der Waals surface area contributed by atoms with E-state index in [2.05, 4.69) is 10.3 Å². The van der Waals surface area contributed by atoms with Gasteiger partial charge >= 0.3 is 0 Å². The van der Waals surface area contributed by atoms with E-state index >= 15 is 0 Å². The van der Waals surface area contributed by atoms with Crippen LogP contribution in [0.1, 0.15) is 28.5 Å². The Kier molecular flexibility index (Phi) is 3.07. The van der Waals surface area contributed by atoms with E-state index in [9.17, 15) is 4.79 Å². The number of hydrogen-bond donors (Lipinski definition) is 2. The van der Waals surface area contributed by atoms with Gasteiger partial charge in [0.15, 0.2) is 0 Å². The highest BCUT2D eigenvalue weighted by Gasteiger charge is 2.23. The quantitative estimate of drug-likeness (QED) is 0.760. The zero-order chi connectivity index (χ0) is 14.9. The predicted octanol–water partition coefficient (Wildman–Crippen LogP) is 3.42. The Bertz CT molecular complexity index is 805. The first-order valence-electron chi connectivity index (χ1n) is 7.41. The number of ether oxygens (including phenoxy) is 1. The molecule has 1 aromatic heterocycles. The van der Waals surface area contributed by atoms with Crippen LogP contribution in [-0.2, 0) is 0 Å². The first-order valence-corrected chi connectivity index (χ1v) is 7.41. The largest absolute Gasteiger partial charge is 0.493 e. The summed E-state index contributed by atoms with van der Waals surface area (Å²) >= 11 is 0. The molecule has 110 valence electrons. The molecule has 1 unspecified atom stereocenters. The van der Waals surface area contributed by atoms with Gasteiger partial charge in [-0.1, -0.05) is 36.4 Å². The summed E-state index contributed by atoms with van der Waals surface area (Å²) < 4.78 is 5.63. The van der Waals surface area contributed by atoms with Crippen molar-refractivity contribution in [3.63, 3.8) is 0 Å². The molecule has 2 aromatic carbocycles. The Morgan fingerprint density at radius 3 is 2.86 bits per heavy atom. The van der Waals surface area contributed by atoms with E-state index in [4.69, 9.17) is 4.74 Å². The lowest BCUT2D eigenvalue weighted by atomic mass is 10.0. The molecule has 1 aliphatic rings. The molecule has 0 saturated heterocycles. The predicted molar refractivity (Wildman–Crippen MR) is 85.1 cm³/mol. The van der Waals surface area contributed by atoms with Gasteiger partial charge in [-0.25, -0.2) is 0 Å². The van der Waals surface area contributed by atoms with Crippen molar-refractivity contribution >= 4 is 16.8 Å². The van der Waals surface area contributed by atoms with Gasteiger partial charge in [0.05, 0.1) is 12.6 Å². The number of aromatic amines is 1. The molecule has 0 saturated carbocycles. The minimum absolute atomic E-state index is 0.0103. The van der Waals surface area contributed by atoms with E-state index in [-0.39, 0.29) is 11.9 Å². The molecule has 22 heavy (non-hydrogen) atoms. The van der Waals surface area contributed by atoms with Crippen molar-refractivity contribution in [1.82, 2.24) is 10.3 Å². The molecule has 0 radical (unpaired) electrons. The van der Waals surface area contributed by atoms with Gasteiger partial charge in [-0.2, -0.15) is 0 Å². The minimum Gasteiger partial charge on any atom is -0.493 e. The van der Waals surface area contributed by atoms with E-state index in [1.165, 1.54) is 0 Å². The first-order chi connectivity index (χ1) is 10.8. The van der Waals surface area contributed by atoms with Crippen LogP contribution in [0.2, 0.25) is 0 Å². The molecule has 1 atom stereocenters. The lowest BCUT2D eigenvalue weighted by molar-refractivity contribution is 0.0920. The van der Waals surface area contributed by atoms with Crippen molar-refractivity contribution in [1.29, 1.82) is 0 Å². The van der Waals surface area contributed by atoms with Gasteiger partial charge in [-0.05, 0) is 18.2 Å². The highest BCUT2D eigenvalue weighted by atomic mass is 16.5. The monoisotopic (exact) mass is 292 g/mol. The summed E-state index contributed by atoms with van der Waals surface area (Å²) in [5.74, 6) is 0.772. The van der Waals surface area contributed by atoms with Crippen LogP contribution in [0, 0.1) is 0 Å². The number of carbonyl (C=O) groups excluding carboxylic acids is 1. The van der Waals surface area contributed by atoms with Crippen LogP contribution in [0.5, 0.6) is 5.75 Å². The number of amides is 1. The van der Waals surface area contributed by atoms with E-state index in [0.29, 0.717) is 12.3 Å². The number of rotatable bonds is 2. The van der Waals surface area contributed by atoms with Gasteiger partial charge in [-0.15, -0.1) is 0 Å². The van der Waals surface area contributed by atoms with E-state index in [1.54, 1.807) is 0 Å². The fourth-order valence-corrected chi connectivity index (χ4v) is 2.92. The summed E-state index contributed by atoms with van der Waals surface area (Å²) in [7, 11) is 0. The Labute approximate surface area is 128 Å². The lowest BCUT2D eigenvalue weighted by Crippen LogP contribution is -2.32. The van der Waals surface area contributed by atoms with Gasteiger partial charge in [0.25, 0.3) is 5.91 Å². The van der Waals surface area contributed by atoms with Crippen molar-refractivity contribution in [2.24, 2.45) is 0 Å². The van der Waals surface area contributed by atoms with Crippen LogP contribution >= 0.6 is 0 Å². The molecule has 0 bridgehead atoms. The van der Waals surface area contributed by atoms with Crippen LogP contribution in [0.15, 0.2) is 54.6 Å². The number of fused-ring (bicyclic) bond motifs is 2. The number of H-pyrrole nitrogens is 1. The molecule has 1 amide bonds. The summed E-state index contributed by atoms with van der Waals surface area (Å²) in [4.78, 5) is 15.7. The van der Waals surface area contributed by atoms with Crippen LogP contribution < -0.4 is 10.1 Å². The topological polar surface area (TPSA) is 54.1 Å². The van der Waals surface area contributed by atoms with Crippen LogP contribution in [-0.4, -0.2) is 17.5 Å². The fourth-order valence-electron chi connectivity index (χ4n) is 2.92. The number of hydrogen-bond acceptors (Lipinski definition) is 2. The highest BCUT2D eigenvalue weighted by Crippen LogP contribution is 2.31. The fraction of sp³-hybridized carbons (Fsp3) is 0.167. The molecule has 0 aliphatic carbocycles. The Hall–Kier alpha value is -2.75. The molecular weight excluding hydrogens is 276 g/mol. The number of aromatic nitrogens is 1. The van der Waals surface area contributed by atoms with E-state index in [1.807, 2.05) is 54.6 Å². The van der Waals surface area contributed by atoms with Crippen molar-refractivity contribution < 1.29 is 9.53 Å². The van der Waals surface area contributed by atoms with Crippen LogP contribution in [0.4, 0.5) is 0 Å². The third kappa shape index (κ3) is 2.22. The summed E-state index contributed by atoms with van der Waals surface area (Å²) in [5.41, 5.74) is 2.60. The number of nitrogens with one attached hydrogen (secondary N) is 2. The SMILES string of the molecule is O=C(NC1CCOc2ccccc21)c1cc2ccccc2[nH]1. The number of benzene rings is 2. The second kappa shape index (κ2) is 5.22. The van der Waals surface area contributed by atoms with Crippen molar-refractivity contribution in [3.8, 4) is 5.75 Å². The molecule has 1 aliphatic heterocycles. The normalized spacial score (nSPS) is 16.8. The van der Waals surface area contributed by atoms with Crippen LogP contribution in [0.25, 0.3) is 10.9 Å². The summed E-state index contributed by atoms with van der Waals surface area (Å²) in [6, 6.07) is 17.6. The molecule has 0 spiro atoms. The van der Waals surface area contributed by atoms with Crippen molar-refractivity contribution in [2.75, 3.05) is 6.61 Å².